The number of hydrogen-bond donors (Lipinski definition) is 0. The average Bonchev–Trinajstić information content (AvgIpc) is 3.10. The maximum absolute atomic E-state index is 13.9. The number of aromatic nitrogens is 2. The summed E-state index contributed by atoms with van der Waals surface area (Å²) in [6.07, 6.45) is 8.94. The van der Waals surface area contributed by atoms with Crippen molar-refractivity contribution in [3.63, 3.8) is 0 Å². The summed E-state index contributed by atoms with van der Waals surface area (Å²) in [6, 6.07) is 9.74. The molecule has 2 aromatic heterocycles. The standard InChI is InChI=1S/C21H20FN5O/c1-25-8-9-26-10-11-27(14-20(25)26)15-2-4-16(5-3-15)28-19-6-7-24-21-17(19)12-23-13-18(21)22/h2-9,12-13,20H,10-11,14H2,1H3. The molecule has 1 fully saturated rings. The Bertz CT molecular complexity index is 1040. The number of fused-ring (bicyclic) bond motifs is 2. The number of benzene rings is 1. The van der Waals surface area contributed by atoms with Gasteiger partial charge in [-0.15, -0.1) is 0 Å². The van der Waals surface area contributed by atoms with E-state index in [4.69, 9.17) is 4.74 Å². The summed E-state index contributed by atoms with van der Waals surface area (Å²) in [7, 11) is 2.11. The van der Waals surface area contributed by atoms with E-state index >= 15 is 0 Å². The van der Waals surface area contributed by atoms with Gasteiger partial charge in [-0.25, -0.2) is 4.39 Å². The van der Waals surface area contributed by atoms with Crippen molar-refractivity contribution in [1.29, 1.82) is 0 Å². The second kappa shape index (κ2) is 6.67. The first-order valence-corrected chi connectivity index (χ1v) is 9.26. The van der Waals surface area contributed by atoms with E-state index in [1.54, 1.807) is 18.5 Å². The van der Waals surface area contributed by atoms with Crippen molar-refractivity contribution >= 4 is 16.6 Å². The molecule has 4 heterocycles. The zero-order chi connectivity index (χ0) is 19.1. The molecule has 6 nitrogen and oxygen atoms in total. The van der Waals surface area contributed by atoms with Gasteiger partial charge < -0.3 is 19.4 Å². The Balaban J connectivity index is 1.34. The quantitative estimate of drug-likeness (QED) is 0.697. The van der Waals surface area contributed by atoms with Gasteiger partial charge in [-0.1, -0.05) is 0 Å². The van der Waals surface area contributed by atoms with E-state index < -0.39 is 5.82 Å². The molecular weight excluding hydrogens is 357 g/mol. The molecule has 1 atom stereocenters. The third-order valence-electron chi connectivity index (χ3n) is 5.36. The van der Waals surface area contributed by atoms with E-state index in [1.165, 1.54) is 5.69 Å². The number of hydrogen-bond acceptors (Lipinski definition) is 6. The minimum atomic E-state index is -0.455. The van der Waals surface area contributed by atoms with Crippen LogP contribution in [0.4, 0.5) is 10.1 Å². The third-order valence-corrected chi connectivity index (χ3v) is 5.36. The van der Waals surface area contributed by atoms with Gasteiger partial charge in [-0.3, -0.25) is 9.97 Å². The lowest BCUT2D eigenvalue weighted by Crippen LogP contribution is -2.53. The van der Waals surface area contributed by atoms with Gasteiger partial charge in [0.15, 0.2) is 5.82 Å². The van der Waals surface area contributed by atoms with Crippen molar-refractivity contribution in [2.24, 2.45) is 0 Å². The summed E-state index contributed by atoms with van der Waals surface area (Å²) in [5.41, 5.74) is 1.43. The molecule has 1 saturated heterocycles. The van der Waals surface area contributed by atoms with E-state index in [9.17, 15) is 4.39 Å². The van der Waals surface area contributed by atoms with Crippen LogP contribution in [0, 0.1) is 5.82 Å². The van der Waals surface area contributed by atoms with Gasteiger partial charge >= 0.3 is 0 Å². The first-order valence-electron chi connectivity index (χ1n) is 9.26. The average molecular weight is 377 g/mol. The van der Waals surface area contributed by atoms with Crippen molar-refractivity contribution in [2.75, 3.05) is 31.6 Å². The van der Waals surface area contributed by atoms with Crippen LogP contribution in [0.15, 0.2) is 61.3 Å². The summed E-state index contributed by atoms with van der Waals surface area (Å²) >= 11 is 0. The van der Waals surface area contributed by atoms with Crippen molar-refractivity contribution in [3.05, 3.63) is 67.1 Å². The van der Waals surface area contributed by atoms with E-state index in [1.807, 2.05) is 12.1 Å². The summed E-state index contributed by atoms with van der Waals surface area (Å²) in [6.45, 7) is 2.93. The molecule has 0 N–H and O–H groups in total. The van der Waals surface area contributed by atoms with Crippen molar-refractivity contribution < 1.29 is 9.13 Å². The van der Waals surface area contributed by atoms with E-state index in [0.717, 1.165) is 25.8 Å². The highest BCUT2D eigenvalue weighted by Crippen LogP contribution is 2.31. The third kappa shape index (κ3) is 2.89. The number of likely N-dealkylation sites (N-methyl/N-ethyl adjacent to an activating group) is 1. The Labute approximate surface area is 162 Å². The van der Waals surface area contributed by atoms with Crippen molar-refractivity contribution in [1.82, 2.24) is 19.8 Å². The Morgan fingerprint density at radius 1 is 1.07 bits per heavy atom. The number of piperazine rings is 1. The summed E-state index contributed by atoms with van der Waals surface area (Å²) in [4.78, 5) is 15.0. The van der Waals surface area contributed by atoms with Crippen LogP contribution in [0.25, 0.3) is 10.9 Å². The molecule has 1 aromatic carbocycles. The predicted molar refractivity (Wildman–Crippen MR) is 106 cm³/mol. The number of pyridine rings is 2. The molecule has 142 valence electrons. The van der Waals surface area contributed by atoms with Crippen LogP contribution in [0.5, 0.6) is 11.5 Å². The van der Waals surface area contributed by atoms with Crippen molar-refractivity contribution in [2.45, 2.75) is 6.17 Å². The molecule has 3 aromatic rings. The fraction of sp³-hybridized carbons (Fsp3) is 0.238. The predicted octanol–water partition coefficient (Wildman–Crippen LogP) is 3.43. The van der Waals surface area contributed by atoms with Gasteiger partial charge in [0.05, 0.1) is 18.1 Å². The van der Waals surface area contributed by atoms with Crippen LogP contribution >= 0.6 is 0 Å². The second-order valence-corrected chi connectivity index (χ2v) is 7.05. The summed E-state index contributed by atoms with van der Waals surface area (Å²) in [5, 5.41) is 0.555. The molecule has 28 heavy (non-hydrogen) atoms. The molecule has 0 aliphatic carbocycles. The number of rotatable bonds is 3. The number of nitrogens with zero attached hydrogens (tertiary/aromatic N) is 5. The highest BCUT2D eigenvalue weighted by molar-refractivity contribution is 5.84. The summed E-state index contributed by atoms with van der Waals surface area (Å²) in [5.74, 6) is 0.777. The van der Waals surface area contributed by atoms with Crippen LogP contribution in [0.3, 0.4) is 0 Å². The highest BCUT2D eigenvalue weighted by atomic mass is 19.1. The molecule has 0 bridgehead atoms. The molecule has 5 rings (SSSR count). The lowest BCUT2D eigenvalue weighted by molar-refractivity contribution is 0.160. The van der Waals surface area contributed by atoms with Crippen LogP contribution in [0.2, 0.25) is 0 Å². The lowest BCUT2D eigenvalue weighted by Gasteiger charge is -2.41. The SMILES string of the molecule is CN1C=CN2CCN(c3ccc(Oc4ccnc5c(F)cncc45)cc3)CC12. The lowest BCUT2D eigenvalue weighted by atomic mass is 10.2. The maximum Gasteiger partial charge on any atom is 0.167 e. The molecule has 0 spiro atoms. The van der Waals surface area contributed by atoms with Gasteiger partial charge in [0, 0.05) is 50.6 Å². The maximum atomic E-state index is 13.9. The largest absolute Gasteiger partial charge is 0.457 e. The minimum absolute atomic E-state index is 0.260. The van der Waals surface area contributed by atoms with Gasteiger partial charge in [0.25, 0.3) is 0 Å². The zero-order valence-corrected chi connectivity index (χ0v) is 15.5. The molecule has 0 saturated carbocycles. The fourth-order valence-corrected chi connectivity index (χ4v) is 3.79. The first kappa shape index (κ1) is 16.8. The number of anilines is 1. The first-order chi connectivity index (χ1) is 13.7. The van der Waals surface area contributed by atoms with E-state index in [-0.39, 0.29) is 5.52 Å². The fourth-order valence-electron chi connectivity index (χ4n) is 3.79. The van der Waals surface area contributed by atoms with Crippen molar-refractivity contribution in [3.8, 4) is 11.5 Å². The molecule has 1 unspecified atom stereocenters. The Morgan fingerprint density at radius 3 is 2.79 bits per heavy atom. The van der Waals surface area contributed by atoms with Gasteiger partial charge in [-0.05, 0) is 30.3 Å². The van der Waals surface area contributed by atoms with E-state index in [2.05, 4.69) is 56.2 Å². The molecule has 0 radical (unpaired) electrons. The molecular formula is C21H20FN5O. The van der Waals surface area contributed by atoms with Crippen LogP contribution in [-0.2, 0) is 0 Å². The topological polar surface area (TPSA) is 44.7 Å². The molecule has 7 heteroatoms. The van der Waals surface area contributed by atoms with Crippen LogP contribution in [0.1, 0.15) is 0 Å². The van der Waals surface area contributed by atoms with Gasteiger partial charge in [0.2, 0.25) is 0 Å². The van der Waals surface area contributed by atoms with Crippen LogP contribution in [-0.4, -0.2) is 52.6 Å². The second-order valence-electron chi connectivity index (χ2n) is 7.05. The molecule has 2 aliphatic heterocycles. The Hall–Kier alpha value is -3.35. The molecule has 2 aliphatic rings. The highest BCUT2D eigenvalue weighted by Gasteiger charge is 2.30. The Morgan fingerprint density at radius 2 is 1.93 bits per heavy atom. The smallest absolute Gasteiger partial charge is 0.167 e. The van der Waals surface area contributed by atoms with Gasteiger partial charge in [0.1, 0.15) is 23.2 Å². The summed E-state index contributed by atoms with van der Waals surface area (Å²) < 4.78 is 19.9. The van der Waals surface area contributed by atoms with Gasteiger partial charge in [-0.2, -0.15) is 0 Å². The number of halogens is 1. The number of ether oxygens (including phenoxy) is 1. The monoisotopic (exact) mass is 377 g/mol. The zero-order valence-electron chi connectivity index (χ0n) is 15.5. The van der Waals surface area contributed by atoms with Crippen LogP contribution < -0.4 is 9.64 Å². The Kier molecular flexibility index (Phi) is 4.00. The molecule has 0 amide bonds. The van der Waals surface area contributed by atoms with E-state index in [0.29, 0.717) is 23.1 Å². The normalized spacial score (nSPS) is 18.6. The minimum Gasteiger partial charge on any atom is -0.457 e.